The number of nitrogens with two attached hydrogens (primary N) is 1. The molecule has 1 saturated heterocycles. The molecule has 5 heteroatoms. The smallest absolute Gasteiger partial charge is 0.274 e. The highest BCUT2D eigenvalue weighted by atomic mass is 16.2. The van der Waals surface area contributed by atoms with E-state index in [2.05, 4.69) is 30.7 Å². The highest BCUT2D eigenvalue weighted by Crippen LogP contribution is 2.18. The van der Waals surface area contributed by atoms with Gasteiger partial charge in [0.2, 0.25) is 0 Å². The van der Waals surface area contributed by atoms with Crippen LogP contribution in [0.5, 0.6) is 0 Å². The molecule has 0 aromatic carbocycles. The van der Waals surface area contributed by atoms with Gasteiger partial charge in [-0.25, -0.2) is 4.98 Å². The van der Waals surface area contributed by atoms with Gasteiger partial charge in [0.1, 0.15) is 0 Å². The quantitative estimate of drug-likeness (QED) is 0.826. The van der Waals surface area contributed by atoms with E-state index in [1.165, 1.54) is 0 Å². The molecule has 1 aliphatic rings. The van der Waals surface area contributed by atoms with E-state index in [1.54, 1.807) is 18.3 Å². The average molecular weight is 262 g/mol. The van der Waals surface area contributed by atoms with Crippen molar-refractivity contribution in [1.82, 2.24) is 14.8 Å². The first-order chi connectivity index (χ1) is 8.89. The summed E-state index contributed by atoms with van der Waals surface area (Å²) in [5, 5.41) is 0. The molecule has 0 radical (unpaired) electrons. The predicted octanol–water partition coefficient (Wildman–Crippen LogP) is 1.22. The number of rotatable bonds is 1. The molecule has 0 spiro atoms. The molecule has 1 aliphatic heterocycles. The number of aromatic nitrogens is 1. The van der Waals surface area contributed by atoms with E-state index in [-0.39, 0.29) is 11.4 Å². The fourth-order valence-corrected chi connectivity index (χ4v) is 2.33. The summed E-state index contributed by atoms with van der Waals surface area (Å²) in [5.41, 5.74) is 6.77. The summed E-state index contributed by atoms with van der Waals surface area (Å²) < 4.78 is 0. The van der Waals surface area contributed by atoms with Crippen LogP contribution in [-0.2, 0) is 0 Å². The van der Waals surface area contributed by atoms with Gasteiger partial charge in [0.15, 0.2) is 5.69 Å². The number of nitrogen functional groups attached to an aromatic ring is 1. The summed E-state index contributed by atoms with van der Waals surface area (Å²) in [4.78, 5) is 20.7. The fraction of sp³-hybridized carbons (Fsp3) is 0.571. The second kappa shape index (κ2) is 5.17. The topological polar surface area (TPSA) is 62.5 Å². The molecular weight excluding hydrogens is 240 g/mol. The van der Waals surface area contributed by atoms with Crippen LogP contribution in [0, 0.1) is 0 Å². The Morgan fingerprint density at radius 3 is 2.42 bits per heavy atom. The number of pyridine rings is 1. The van der Waals surface area contributed by atoms with E-state index >= 15 is 0 Å². The van der Waals surface area contributed by atoms with Gasteiger partial charge in [-0.3, -0.25) is 9.69 Å². The van der Waals surface area contributed by atoms with Gasteiger partial charge in [0, 0.05) is 37.9 Å². The van der Waals surface area contributed by atoms with Crippen LogP contribution in [0.4, 0.5) is 5.69 Å². The van der Waals surface area contributed by atoms with E-state index in [4.69, 9.17) is 5.73 Å². The lowest BCUT2D eigenvalue weighted by Gasteiger charge is -2.42. The van der Waals surface area contributed by atoms with Crippen molar-refractivity contribution in [3.63, 3.8) is 0 Å². The number of carbonyl (C=O) groups is 1. The number of amides is 1. The first kappa shape index (κ1) is 13.8. The minimum absolute atomic E-state index is 0.0633. The minimum atomic E-state index is -0.0633. The zero-order chi connectivity index (χ0) is 14.0. The monoisotopic (exact) mass is 262 g/mol. The van der Waals surface area contributed by atoms with Crippen LogP contribution in [-0.4, -0.2) is 52.4 Å². The van der Waals surface area contributed by atoms with Gasteiger partial charge in [-0.2, -0.15) is 0 Å². The number of nitrogens with zero attached hydrogens (tertiary/aromatic N) is 3. The second-order valence-electron chi connectivity index (χ2n) is 5.89. The van der Waals surface area contributed by atoms with Gasteiger partial charge >= 0.3 is 0 Å². The Kier molecular flexibility index (Phi) is 3.75. The molecule has 1 aromatic rings. The molecule has 5 nitrogen and oxygen atoms in total. The lowest BCUT2D eigenvalue weighted by atomic mass is 10.0. The van der Waals surface area contributed by atoms with Crippen LogP contribution in [0.25, 0.3) is 0 Å². The van der Waals surface area contributed by atoms with Crippen molar-refractivity contribution >= 4 is 11.6 Å². The molecular formula is C14H22N4O. The molecule has 1 fully saturated rings. The maximum Gasteiger partial charge on any atom is 0.274 e. The zero-order valence-corrected chi connectivity index (χ0v) is 11.9. The van der Waals surface area contributed by atoms with Crippen molar-refractivity contribution in [2.45, 2.75) is 26.3 Å². The van der Waals surface area contributed by atoms with Crippen molar-refractivity contribution < 1.29 is 4.79 Å². The van der Waals surface area contributed by atoms with Gasteiger partial charge in [-0.05, 0) is 32.9 Å². The molecule has 1 aromatic heterocycles. The van der Waals surface area contributed by atoms with E-state index in [9.17, 15) is 4.79 Å². The van der Waals surface area contributed by atoms with Crippen molar-refractivity contribution in [2.24, 2.45) is 0 Å². The normalized spacial score (nSPS) is 17.5. The van der Waals surface area contributed by atoms with Crippen LogP contribution in [0.15, 0.2) is 18.3 Å². The third-order valence-electron chi connectivity index (χ3n) is 3.56. The maximum absolute atomic E-state index is 12.3. The van der Waals surface area contributed by atoms with E-state index < -0.39 is 0 Å². The number of anilines is 1. The first-order valence-electron chi connectivity index (χ1n) is 6.64. The third kappa shape index (κ3) is 3.04. The number of carbonyl (C=O) groups excluding carboxylic acids is 1. The van der Waals surface area contributed by atoms with Crippen molar-refractivity contribution in [3.8, 4) is 0 Å². The molecule has 2 rings (SSSR count). The summed E-state index contributed by atoms with van der Waals surface area (Å²) in [6.45, 7) is 9.83. The molecule has 2 N–H and O–H groups in total. The zero-order valence-electron chi connectivity index (χ0n) is 11.9. The second-order valence-corrected chi connectivity index (χ2v) is 5.89. The molecule has 2 heterocycles. The van der Waals surface area contributed by atoms with E-state index in [0.29, 0.717) is 11.4 Å². The van der Waals surface area contributed by atoms with Crippen molar-refractivity contribution in [1.29, 1.82) is 0 Å². The van der Waals surface area contributed by atoms with Crippen LogP contribution in [0.2, 0.25) is 0 Å². The largest absolute Gasteiger partial charge is 0.397 e. The SMILES string of the molecule is CC(C)(C)N1CCN(C(=O)c2ncccc2N)CC1. The molecule has 0 bridgehead atoms. The predicted molar refractivity (Wildman–Crippen MR) is 75.9 cm³/mol. The molecule has 1 amide bonds. The van der Waals surface area contributed by atoms with Gasteiger partial charge < -0.3 is 10.6 Å². The minimum Gasteiger partial charge on any atom is -0.397 e. The molecule has 19 heavy (non-hydrogen) atoms. The maximum atomic E-state index is 12.3. The Morgan fingerprint density at radius 2 is 1.89 bits per heavy atom. The third-order valence-corrected chi connectivity index (χ3v) is 3.56. The Labute approximate surface area is 114 Å². The standard InChI is InChI=1S/C14H22N4O/c1-14(2,3)18-9-7-17(8-10-18)13(19)12-11(15)5-4-6-16-12/h4-6H,7-10,15H2,1-3H3. The lowest BCUT2D eigenvalue weighted by molar-refractivity contribution is 0.0447. The van der Waals surface area contributed by atoms with Gasteiger partial charge in [-0.15, -0.1) is 0 Å². The average Bonchev–Trinajstić information content (AvgIpc) is 2.38. The summed E-state index contributed by atoms with van der Waals surface area (Å²) in [5.74, 6) is -0.0633. The Balaban J connectivity index is 2.03. The Bertz CT molecular complexity index is 459. The molecule has 0 unspecified atom stereocenters. The van der Waals surface area contributed by atoms with Gasteiger partial charge in [0.05, 0.1) is 5.69 Å². The Morgan fingerprint density at radius 1 is 1.26 bits per heavy atom. The number of hydrogen-bond acceptors (Lipinski definition) is 4. The molecule has 0 atom stereocenters. The Hall–Kier alpha value is -1.62. The molecule has 104 valence electrons. The molecule has 0 aliphatic carbocycles. The summed E-state index contributed by atoms with van der Waals surface area (Å²) in [7, 11) is 0. The van der Waals surface area contributed by atoms with Crippen molar-refractivity contribution in [2.75, 3.05) is 31.9 Å². The number of piperazine rings is 1. The summed E-state index contributed by atoms with van der Waals surface area (Å²) >= 11 is 0. The van der Waals surface area contributed by atoms with Gasteiger partial charge in [-0.1, -0.05) is 0 Å². The van der Waals surface area contributed by atoms with Crippen LogP contribution in [0.3, 0.4) is 0 Å². The lowest BCUT2D eigenvalue weighted by Crippen LogP contribution is -2.54. The summed E-state index contributed by atoms with van der Waals surface area (Å²) in [6.07, 6.45) is 1.61. The van der Waals surface area contributed by atoms with Crippen molar-refractivity contribution in [3.05, 3.63) is 24.0 Å². The summed E-state index contributed by atoms with van der Waals surface area (Å²) in [6, 6.07) is 3.45. The van der Waals surface area contributed by atoms with Crippen LogP contribution < -0.4 is 5.73 Å². The highest BCUT2D eigenvalue weighted by molar-refractivity contribution is 5.97. The molecule has 0 saturated carbocycles. The van der Waals surface area contributed by atoms with Crippen LogP contribution in [0.1, 0.15) is 31.3 Å². The van der Waals surface area contributed by atoms with E-state index in [0.717, 1.165) is 26.2 Å². The van der Waals surface area contributed by atoms with E-state index in [1.807, 2.05) is 4.90 Å². The van der Waals surface area contributed by atoms with Crippen LogP contribution >= 0.6 is 0 Å². The first-order valence-corrected chi connectivity index (χ1v) is 6.64. The number of hydrogen-bond donors (Lipinski definition) is 1. The van der Waals surface area contributed by atoms with Gasteiger partial charge in [0.25, 0.3) is 5.91 Å². The fourth-order valence-electron chi connectivity index (χ4n) is 2.33. The highest BCUT2D eigenvalue weighted by Gasteiger charge is 2.29.